The molecule has 0 aromatic carbocycles. The molecule has 0 aliphatic rings. The molecule has 2 N–H and O–H groups in total. The number of nitrogens with one attached hydrogen (secondary N) is 1. The van der Waals surface area contributed by atoms with Gasteiger partial charge < -0.3 is 10.4 Å². The summed E-state index contributed by atoms with van der Waals surface area (Å²) < 4.78 is 0. The molecule has 0 saturated carbocycles. The number of amides is 1. The number of carbonyl (C=O) groups excluding carboxylic acids is 1. The summed E-state index contributed by atoms with van der Waals surface area (Å²) in [5, 5.41) is 12.1. The van der Waals surface area contributed by atoms with Crippen LogP contribution in [-0.4, -0.2) is 48.6 Å². The molecule has 0 aromatic heterocycles. The van der Waals surface area contributed by atoms with Crippen molar-refractivity contribution in [1.29, 1.82) is 0 Å². The third-order valence-electron chi connectivity index (χ3n) is 5.80. The highest BCUT2D eigenvalue weighted by Gasteiger charge is 2.18. The largest absolute Gasteiger partial charge is 0.480 e. The maximum atomic E-state index is 11.9. The molecule has 0 rings (SSSR count). The summed E-state index contributed by atoms with van der Waals surface area (Å²) in [4.78, 5) is 24.7. The Bertz CT molecular complexity index is 464. The maximum absolute atomic E-state index is 11.9. The molecule has 5 nitrogen and oxygen atoms in total. The molecular weight excluding hydrogens is 388 g/mol. The molecular formula is C26H50N2O3. The van der Waals surface area contributed by atoms with Gasteiger partial charge in [0.15, 0.2) is 0 Å². The predicted octanol–water partition coefficient (Wildman–Crippen LogP) is 6.33. The summed E-state index contributed by atoms with van der Waals surface area (Å²) in [5.74, 6) is -0.647. The highest BCUT2D eigenvalue weighted by Crippen LogP contribution is 2.12. The summed E-state index contributed by atoms with van der Waals surface area (Å²) in [6.07, 6.45) is 24.0. The topological polar surface area (TPSA) is 69.6 Å². The Hall–Kier alpha value is -1.36. The number of carbonyl (C=O) groups is 2. The van der Waals surface area contributed by atoms with Gasteiger partial charge in [0.05, 0.1) is 0 Å². The van der Waals surface area contributed by atoms with Crippen molar-refractivity contribution in [2.75, 3.05) is 20.6 Å². The number of nitrogens with zero attached hydrogens (tertiary/aromatic N) is 1. The molecule has 0 heterocycles. The fraction of sp³-hybridized carbons (Fsp3) is 0.846. The van der Waals surface area contributed by atoms with Gasteiger partial charge in [-0.2, -0.15) is 0 Å². The minimum Gasteiger partial charge on any atom is -0.480 e. The number of rotatable bonds is 22. The van der Waals surface area contributed by atoms with E-state index in [1.54, 1.807) is 19.0 Å². The molecule has 31 heavy (non-hydrogen) atoms. The van der Waals surface area contributed by atoms with Crippen LogP contribution in [0.5, 0.6) is 0 Å². The van der Waals surface area contributed by atoms with Gasteiger partial charge in [-0.25, -0.2) is 0 Å². The second-order valence-electron chi connectivity index (χ2n) is 9.00. The first-order valence-corrected chi connectivity index (χ1v) is 12.8. The van der Waals surface area contributed by atoms with E-state index in [-0.39, 0.29) is 5.91 Å². The molecule has 182 valence electrons. The summed E-state index contributed by atoms with van der Waals surface area (Å²) >= 11 is 0. The average molecular weight is 439 g/mol. The van der Waals surface area contributed by atoms with E-state index in [9.17, 15) is 9.59 Å². The average Bonchev–Trinajstić information content (AvgIpc) is 2.72. The standard InChI is InChI=1S/C26H50N2O3/c1-4-5-6-7-8-9-10-11-12-13-14-15-16-17-18-22-25(29)27-23-20-19-21-24(26(30)31)28(2)3/h7-8,24H,4-6,9-23H2,1-3H3,(H,27,29)(H,30,31)/b8-7+/t24-/m0/s1. The fourth-order valence-corrected chi connectivity index (χ4v) is 3.72. The zero-order valence-corrected chi connectivity index (χ0v) is 20.7. The lowest BCUT2D eigenvalue weighted by Gasteiger charge is -2.19. The number of hydrogen-bond donors (Lipinski definition) is 2. The summed E-state index contributed by atoms with van der Waals surface area (Å²) in [7, 11) is 3.57. The van der Waals surface area contributed by atoms with Crippen LogP contribution in [0.4, 0.5) is 0 Å². The molecule has 0 fully saturated rings. The van der Waals surface area contributed by atoms with Gasteiger partial charge in [-0.3, -0.25) is 14.5 Å². The van der Waals surface area contributed by atoms with Crippen molar-refractivity contribution in [2.24, 2.45) is 0 Å². The van der Waals surface area contributed by atoms with Crippen LogP contribution in [0.15, 0.2) is 12.2 Å². The fourth-order valence-electron chi connectivity index (χ4n) is 3.72. The molecule has 0 radical (unpaired) electrons. The molecule has 0 bridgehead atoms. The molecule has 1 atom stereocenters. The second kappa shape index (κ2) is 21.9. The molecule has 0 saturated heterocycles. The number of carboxylic acid groups (broad SMARTS) is 1. The van der Waals surface area contributed by atoms with Crippen LogP contribution in [0, 0.1) is 0 Å². The second-order valence-corrected chi connectivity index (χ2v) is 9.00. The monoisotopic (exact) mass is 438 g/mol. The first-order valence-electron chi connectivity index (χ1n) is 12.8. The Balaban J connectivity index is 3.36. The summed E-state index contributed by atoms with van der Waals surface area (Å²) in [6.45, 7) is 2.88. The molecule has 0 aromatic rings. The van der Waals surface area contributed by atoms with Crippen LogP contribution >= 0.6 is 0 Å². The first kappa shape index (κ1) is 29.6. The zero-order valence-electron chi connectivity index (χ0n) is 20.7. The summed E-state index contributed by atoms with van der Waals surface area (Å²) in [6, 6.07) is -0.437. The van der Waals surface area contributed by atoms with Crippen LogP contribution in [0.1, 0.15) is 116 Å². The highest BCUT2D eigenvalue weighted by atomic mass is 16.4. The Morgan fingerprint density at radius 1 is 0.806 bits per heavy atom. The molecule has 0 aliphatic heterocycles. The number of allylic oxidation sites excluding steroid dienone is 2. The van der Waals surface area contributed by atoms with Crippen molar-refractivity contribution in [3.8, 4) is 0 Å². The lowest BCUT2D eigenvalue weighted by Crippen LogP contribution is -2.35. The lowest BCUT2D eigenvalue weighted by atomic mass is 10.1. The van der Waals surface area contributed by atoms with Gasteiger partial charge in [-0.1, -0.05) is 76.9 Å². The smallest absolute Gasteiger partial charge is 0.320 e. The van der Waals surface area contributed by atoms with Gasteiger partial charge in [0, 0.05) is 13.0 Å². The van der Waals surface area contributed by atoms with E-state index in [1.807, 2.05) is 0 Å². The molecule has 1 amide bonds. The van der Waals surface area contributed by atoms with Crippen molar-refractivity contribution in [3.63, 3.8) is 0 Å². The third kappa shape index (κ3) is 20.3. The van der Waals surface area contributed by atoms with Crippen molar-refractivity contribution >= 4 is 11.9 Å². The van der Waals surface area contributed by atoms with Crippen molar-refractivity contribution < 1.29 is 14.7 Å². The number of likely N-dealkylation sites (N-methyl/N-ethyl adjacent to an activating group) is 1. The normalized spacial score (nSPS) is 12.5. The lowest BCUT2D eigenvalue weighted by molar-refractivity contribution is -0.142. The van der Waals surface area contributed by atoms with Crippen molar-refractivity contribution in [2.45, 2.75) is 122 Å². The van der Waals surface area contributed by atoms with Crippen LogP contribution < -0.4 is 5.32 Å². The maximum Gasteiger partial charge on any atom is 0.320 e. The molecule has 5 heteroatoms. The van der Waals surface area contributed by atoms with Crippen molar-refractivity contribution in [3.05, 3.63) is 12.2 Å². The number of aliphatic carboxylic acids is 1. The van der Waals surface area contributed by atoms with Crippen molar-refractivity contribution in [1.82, 2.24) is 10.2 Å². The van der Waals surface area contributed by atoms with E-state index in [1.165, 1.54) is 70.6 Å². The SMILES string of the molecule is CCCC/C=C/CCCCCCCCCCCC(=O)NCCCC[C@@H](C(=O)O)N(C)C. The number of hydrogen-bond acceptors (Lipinski definition) is 3. The van der Waals surface area contributed by atoms with Gasteiger partial charge in [-0.05, 0) is 59.0 Å². The predicted molar refractivity (Wildman–Crippen MR) is 131 cm³/mol. The van der Waals surface area contributed by atoms with E-state index in [2.05, 4.69) is 24.4 Å². The molecule has 0 aliphatic carbocycles. The molecule has 0 unspecified atom stereocenters. The minimum absolute atomic E-state index is 0.131. The minimum atomic E-state index is -0.778. The quantitative estimate of drug-likeness (QED) is 0.153. The van der Waals surface area contributed by atoms with Gasteiger partial charge in [0.2, 0.25) is 5.91 Å². The Kier molecular flexibility index (Phi) is 20.9. The highest BCUT2D eigenvalue weighted by molar-refractivity contribution is 5.75. The van der Waals surface area contributed by atoms with E-state index in [0.717, 1.165) is 25.7 Å². The van der Waals surface area contributed by atoms with Gasteiger partial charge >= 0.3 is 5.97 Å². The summed E-state index contributed by atoms with van der Waals surface area (Å²) in [5.41, 5.74) is 0. The Labute approximate surface area is 192 Å². The van der Waals surface area contributed by atoms with Gasteiger partial charge in [-0.15, -0.1) is 0 Å². The number of unbranched alkanes of at least 4 members (excludes halogenated alkanes) is 12. The van der Waals surface area contributed by atoms with E-state index < -0.39 is 12.0 Å². The third-order valence-corrected chi connectivity index (χ3v) is 5.80. The van der Waals surface area contributed by atoms with E-state index >= 15 is 0 Å². The van der Waals surface area contributed by atoms with Gasteiger partial charge in [0.1, 0.15) is 6.04 Å². The van der Waals surface area contributed by atoms with Gasteiger partial charge in [0.25, 0.3) is 0 Å². The molecule has 0 spiro atoms. The first-order chi connectivity index (χ1) is 15.0. The Morgan fingerprint density at radius 3 is 1.90 bits per heavy atom. The number of carboxylic acids is 1. The van der Waals surface area contributed by atoms with E-state index in [4.69, 9.17) is 5.11 Å². The van der Waals surface area contributed by atoms with Crippen LogP contribution in [-0.2, 0) is 9.59 Å². The van der Waals surface area contributed by atoms with Crippen LogP contribution in [0.2, 0.25) is 0 Å². The zero-order chi connectivity index (χ0) is 23.2. The van der Waals surface area contributed by atoms with E-state index in [0.29, 0.717) is 19.4 Å². The van der Waals surface area contributed by atoms with Crippen LogP contribution in [0.3, 0.4) is 0 Å². The van der Waals surface area contributed by atoms with Crippen LogP contribution in [0.25, 0.3) is 0 Å². The Morgan fingerprint density at radius 2 is 1.35 bits per heavy atom.